The van der Waals surface area contributed by atoms with Crippen molar-refractivity contribution >= 4 is 11.6 Å². The van der Waals surface area contributed by atoms with E-state index in [2.05, 4.69) is 5.32 Å². The molecule has 0 aromatic heterocycles. The summed E-state index contributed by atoms with van der Waals surface area (Å²) in [6, 6.07) is 6.77. The molecule has 6 heteroatoms. The maximum absolute atomic E-state index is 14.0. The number of fused-ring (bicyclic) bond motifs is 1. The summed E-state index contributed by atoms with van der Waals surface area (Å²) < 4.78 is 33.3. The number of ether oxygens (including phenoxy) is 1. The van der Waals surface area contributed by atoms with Crippen LogP contribution in [-0.4, -0.2) is 11.5 Å². The molecule has 0 saturated carbocycles. The fourth-order valence-corrected chi connectivity index (χ4v) is 3.07. The zero-order valence-electron chi connectivity index (χ0n) is 14.3. The fourth-order valence-electron chi connectivity index (χ4n) is 3.07. The Labute approximate surface area is 145 Å². The predicted molar refractivity (Wildman–Crippen MR) is 91.5 cm³/mol. The molecule has 1 atom stereocenters. The van der Waals surface area contributed by atoms with Crippen LogP contribution in [-0.2, 0) is 0 Å². The number of hydrogen-bond acceptors (Lipinski definition) is 3. The van der Waals surface area contributed by atoms with Crippen molar-refractivity contribution < 1.29 is 18.3 Å². The number of carbonyl (C=O) groups excluding carboxylic acids is 1. The molecule has 0 spiro atoms. The highest BCUT2D eigenvalue weighted by Gasteiger charge is 2.35. The third-order valence-corrected chi connectivity index (χ3v) is 4.29. The Morgan fingerprint density at radius 3 is 2.68 bits per heavy atom. The van der Waals surface area contributed by atoms with Crippen molar-refractivity contribution in [1.29, 1.82) is 0 Å². The summed E-state index contributed by atoms with van der Waals surface area (Å²) in [5.74, 6) is -1.54. The second-order valence-corrected chi connectivity index (χ2v) is 6.97. The molecule has 4 nitrogen and oxygen atoms in total. The second-order valence-electron chi connectivity index (χ2n) is 6.97. The van der Waals surface area contributed by atoms with E-state index in [-0.39, 0.29) is 17.2 Å². The highest BCUT2D eigenvalue weighted by molar-refractivity contribution is 5.95. The fraction of sp³-hybridized carbons (Fsp3) is 0.316. The van der Waals surface area contributed by atoms with Crippen molar-refractivity contribution in [2.45, 2.75) is 38.8 Å². The molecule has 0 bridgehead atoms. The molecule has 1 amide bonds. The lowest BCUT2D eigenvalue weighted by Crippen LogP contribution is -2.41. The van der Waals surface area contributed by atoms with Crippen LogP contribution in [0.4, 0.5) is 14.5 Å². The van der Waals surface area contributed by atoms with E-state index < -0.39 is 23.1 Å². The number of amides is 1. The Balaban J connectivity index is 1.94. The van der Waals surface area contributed by atoms with Crippen LogP contribution >= 0.6 is 0 Å². The topological polar surface area (TPSA) is 64.3 Å². The SMILES string of the molecule is Cc1cc(C(=O)NC2CC(C)(C)Oc3ccc(N)cc32)c(F)cc1F. The smallest absolute Gasteiger partial charge is 0.254 e. The predicted octanol–water partition coefficient (Wildman–Crippen LogP) is 3.89. The average molecular weight is 346 g/mol. The Morgan fingerprint density at radius 2 is 1.96 bits per heavy atom. The second kappa shape index (κ2) is 6.02. The maximum atomic E-state index is 14.0. The number of rotatable bonds is 2. The highest BCUT2D eigenvalue weighted by atomic mass is 19.1. The summed E-state index contributed by atoms with van der Waals surface area (Å²) in [5.41, 5.74) is 6.66. The number of nitrogen functional groups attached to an aromatic ring is 1. The molecule has 3 rings (SSSR count). The summed E-state index contributed by atoms with van der Waals surface area (Å²) in [6.07, 6.45) is 0.497. The number of anilines is 1. The van der Waals surface area contributed by atoms with Crippen molar-refractivity contribution in [2.75, 3.05) is 5.73 Å². The molecular formula is C19H20F2N2O2. The first-order valence-corrected chi connectivity index (χ1v) is 8.01. The van der Waals surface area contributed by atoms with Gasteiger partial charge in [-0.15, -0.1) is 0 Å². The number of hydrogen-bond donors (Lipinski definition) is 2. The Morgan fingerprint density at radius 1 is 1.24 bits per heavy atom. The first-order valence-electron chi connectivity index (χ1n) is 8.01. The van der Waals surface area contributed by atoms with Crippen molar-refractivity contribution in [3.05, 3.63) is 58.7 Å². The number of nitrogens with two attached hydrogens (primary N) is 1. The maximum Gasteiger partial charge on any atom is 0.254 e. The molecule has 2 aromatic carbocycles. The third-order valence-electron chi connectivity index (χ3n) is 4.29. The van der Waals surface area contributed by atoms with E-state index in [4.69, 9.17) is 10.5 Å². The first-order chi connectivity index (χ1) is 11.7. The van der Waals surface area contributed by atoms with Gasteiger partial charge < -0.3 is 15.8 Å². The standard InChI is InChI=1S/C19H20F2N2O2/c1-10-6-12(15(21)8-14(10)20)18(24)23-16-9-19(2,3)25-17-5-4-11(22)7-13(16)17/h4-8,16H,9,22H2,1-3H3,(H,23,24). The molecule has 132 valence electrons. The normalized spacial score (nSPS) is 18.2. The van der Waals surface area contributed by atoms with Crippen LogP contribution in [0.2, 0.25) is 0 Å². The van der Waals surface area contributed by atoms with Gasteiger partial charge in [0, 0.05) is 23.7 Å². The minimum Gasteiger partial charge on any atom is -0.487 e. The van der Waals surface area contributed by atoms with Gasteiger partial charge in [0.25, 0.3) is 5.91 Å². The molecule has 1 heterocycles. The van der Waals surface area contributed by atoms with E-state index in [1.165, 1.54) is 13.0 Å². The Bertz CT molecular complexity index is 850. The summed E-state index contributed by atoms with van der Waals surface area (Å²) >= 11 is 0. The molecule has 0 radical (unpaired) electrons. The molecule has 0 saturated heterocycles. The van der Waals surface area contributed by atoms with Crippen molar-refractivity contribution in [3.8, 4) is 5.75 Å². The van der Waals surface area contributed by atoms with Gasteiger partial charge in [-0.25, -0.2) is 8.78 Å². The largest absolute Gasteiger partial charge is 0.487 e. The van der Waals surface area contributed by atoms with Crippen LogP contribution in [0.25, 0.3) is 0 Å². The Hall–Kier alpha value is -2.63. The zero-order chi connectivity index (χ0) is 18.4. The van der Waals surface area contributed by atoms with Crippen LogP contribution in [0.15, 0.2) is 30.3 Å². The van der Waals surface area contributed by atoms with Crippen LogP contribution in [0.5, 0.6) is 5.75 Å². The van der Waals surface area contributed by atoms with Gasteiger partial charge in [0.2, 0.25) is 0 Å². The van der Waals surface area contributed by atoms with Gasteiger partial charge in [0.05, 0.1) is 11.6 Å². The van der Waals surface area contributed by atoms with E-state index in [9.17, 15) is 13.6 Å². The van der Waals surface area contributed by atoms with Crippen molar-refractivity contribution in [2.24, 2.45) is 0 Å². The van der Waals surface area contributed by atoms with Gasteiger partial charge in [-0.05, 0) is 50.6 Å². The number of nitrogens with one attached hydrogen (secondary N) is 1. The summed E-state index contributed by atoms with van der Waals surface area (Å²) in [4.78, 5) is 12.6. The Kier molecular flexibility index (Phi) is 4.14. The molecule has 2 aromatic rings. The summed E-state index contributed by atoms with van der Waals surface area (Å²) in [5, 5.41) is 2.82. The molecule has 3 N–H and O–H groups in total. The minimum absolute atomic E-state index is 0.186. The molecule has 1 unspecified atom stereocenters. The number of carbonyl (C=O) groups is 1. The average Bonchev–Trinajstić information content (AvgIpc) is 2.50. The van der Waals surface area contributed by atoms with E-state index in [1.807, 2.05) is 13.8 Å². The van der Waals surface area contributed by atoms with E-state index in [0.29, 0.717) is 17.9 Å². The van der Waals surface area contributed by atoms with Crippen LogP contribution in [0, 0.1) is 18.6 Å². The number of halogens is 2. The van der Waals surface area contributed by atoms with Crippen LogP contribution in [0.1, 0.15) is 47.8 Å². The number of aryl methyl sites for hydroxylation is 1. The number of benzene rings is 2. The van der Waals surface area contributed by atoms with Gasteiger partial charge >= 0.3 is 0 Å². The molecule has 25 heavy (non-hydrogen) atoms. The molecular weight excluding hydrogens is 326 g/mol. The van der Waals surface area contributed by atoms with Crippen molar-refractivity contribution in [3.63, 3.8) is 0 Å². The molecule has 0 fully saturated rings. The van der Waals surface area contributed by atoms with Crippen LogP contribution in [0.3, 0.4) is 0 Å². The lowest BCUT2D eigenvalue weighted by molar-refractivity contribution is 0.0619. The van der Waals surface area contributed by atoms with Gasteiger partial charge in [0.1, 0.15) is 23.0 Å². The first kappa shape index (κ1) is 17.2. The van der Waals surface area contributed by atoms with E-state index in [0.717, 1.165) is 11.6 Å². The van der Waals surface area contributed by atoms with E-state index in [1.54, 1.807) is 18.2 Å². The quantitative estimate of drug-likeness (QED) is 0.811. The van der Waals surface area contributed by atoms with E-state index >= 15 is 0 Å². The summed E-state index contributed by atoms with van der Waals surface area (Å²) in [6.45, 7) is 5.31. The molecule has 0 aliphatic carbocycles. The zero-order valence-corrected chi connectivity index (χ0v) is 14.3. The van der Waals surface area contributed by atoms with Gasteiger partial charge in [-0.1, -0.05) is 0 Å². The monoisotopic (exact) mass is 346 g/mol. The highest BCUT2D eigenvalue weighted by Crippen LogP contribution is 2.40. The molecule has 1 aliphatic rings. The minimum atomic E-state index is -0.889. The van der Waals surface area contributed by atoms with Gasteiger partial charge in [0.15, 0.2) is 0 Å². The van der Waals surface area contributed by atoms with Gasteiger partial charge in [-0.3, -0.25) is 4.79 Å². The van der Waals surface area contributed by atoms with Crippen molar-refractivity contribution in [1.82, 2.24) is 5.32 Å². The third kappa shape index (κ3) is 3.43. The van der Waals surface area contributed by atoms with Gasteiger partial charge in [-0.2, -0.15) is 0 Å². The lowest BCUT2D eigenvalue weighted by atomic mass is 9.89. The summed E-state index contributed by atoms with van der Waals surface area (Å²) in [7, 11) is 0. The lowest BCUT2D eigenvalue weighted by Gasteiger charge is -2.38. The molecule has 1 aliphatic heterocycles. The van der Waals surface area contributed by atoms with Crippen LogP contribution < -0.4 is 15.8 Å².